The largest absolute Gasteiger partial charge is 0.299 e. The van der Waals surface area contributed by atoms with Crippen molar-refractivity contribution >= 4 is 16.7 Å². The molecule has 0 spiro atoms. The number of hydrogen-bond acceptors (Lipinski definition) is 3. The number of nitrogens with zero attached hydrogens (tertiary/aromatic N) is 4. The van der Waals surface area contributed by atoms with Crippen LogP contribution in [0.4, 0.5) is 0 Å². The van der Waals surface area contributed by atoms with Gasteiger partial charge < -0.3 is 0 Å². The smallest absolute Gasteiger partial charge is 0.140 e. The van der Waals surface area contributed by atoms with Gasteiger partial charge in [0.25, 0.3) is 0 Å². The number of rotatable bonds is 4. The molecule has 3 aromatic carbocycles. The molecule has 4 nitrogen and oxygen atoms in total. The minimum Gasteiger partial charge on any atom is -0.299 e. The lowest BCUT2D eigenvalue weighted by Crippen LogP contribution is -1.99. The fourth-order valence-corrected chi connectivity index (χ4v) is 4.71. The van der Waals surface area contributed by atoms with Crippen LogP contribution in [0.2, 0.25) is 0 Å². The van der Waals surface area contributed by atoms with Crippen molar-refractivity contribution < 1.29 is 0 Å². The lowest BCUT2D eigenvalue weighted by atomic mass is 9.86. The van der Waals surface area contributed by atoms with E-state index in [1.807, 2.05) is 25.3 Å². The minimum atomic E-state index is 0.323. The molecule has 164 valence electrons. The van der Waals surface area contributed by atoms with E-state index in [0.717, 1.165) is 51.8 Å². The fraction of sp³-hybridized carbons (Fsp3) is 0.167. The summed E-state index contributed by atoms with van der Waals surface area (Å²) in [7, 11) is 0. The third kappa shape index (κ3) is 3.24. The van der Waals surface area contributed by atoms with Gasteiger partial charge in [0.1, 0.15) is 23.3 Å². The summed E-state index contributed by atoms with van der Waals surface area (Å²) in [5, 5.41) is 20.5. The monoisotopic (exact) mass is 440 g/mol. The number of nitriles is 2. The highest BCUT2D eigenvalue weighted by molar-refractivity contribution is 6.07. The van der Waals surface area contributed by atoms with E-state index in [0.29, 0.717) is 16.6 Å². The van der Waals surface area contributed by atoms with Crippen LogP contribution in [-0.4, -0.2) is 9.38 Å². The van der Waals surface area contributed by atoms with Crippen LogP contribution in [0.1, 0.15) is 41.7 Å². The number of fused-ring (bicyclic) bond motifs is 3. The molecule has 0 aliphatic carbocycles. The fourth-order valence-electron chi connectivity index (χ4n) is 4.71. The van der Waals surface area contributed by atoms with Crippen molar-refractivity contribution in [3.8, 4) is 34.4 Å². The van der Waals surface area contributed by atoms with E-state index < -0.39 is 0 Å². The first kappa shape index (κ1) is 21.4. The Morgan fingerprint density at radius 3 is 1.85 bits per heavy atom. The zero-order valence-corrected chi connectivity index (χ0v) is 19.6. The predicted octanol–water partition coefficient (Wildman–Crippen LogP) is 7.00. The standard InChI is InChI=1S/C30H24N4/c1-4-20-8-12-22(13-9-20)26-24(17-31)25(18-32)28-29(34-16-6-7-19(3)30(34)33-28)27(26)23-14-10-21(5-2)11-15-23/h6-16H,4-5H2,1-3H3. The Balaban J connectivity index is 2.03. The highest BCUT2D eigenvalue weighted by Gasteiger charge is 2.25. The zero-order valence-electron chi connectivity index (χ0n) is 19.6. The molecule has 5 aromatic rings. The van der Waals surface area contributed by atoms with Gasteiger partial charge in [0.05, 0.1) is 16.6 Å². The van der Waals surface area contributed by atoms with Crippen molar-refractivity contribution in [3.05, 3.63) is 94.7 Å². The first-order valence-corrected chi connectivity index (χ1v) is 11.6. The molecule has 0 saturated carbocycles. The molecule has 0 unspecified atom stereocenters. The van der Waals surface area contributed by atoms with Crippen LogP contribution in [0.3, 0.4) is 0 Å². The van der Waals surface area contributed by atoms with Gasteiger partial charge >= 0.3 is 0 Å². The van der Waals surface area contributed by atoms with Crippen molar-refractivity contribution in [2.45, 2.75) is 33.6 Å². The number of aromatic nitrogens is 2. The van der Waals surface area contributed by atoms with Crippen LogP contribution >= 0.6 is 0 Å². The highest BCUT2D eigenvalue weighted by Crippen LogP contribution is 2.43. The first-order chi connectivity index (χ1) is 16.6. The number of aryl methyl sites for hydroxylation is 3. The number of imidazole rings is 1. The van der Waals surface area contributed by atoms with Crippen molar-refractivity contribution in [1.82, 2.24) is 9.38 Å². The first-order valence-electron chi connectivity index (χ1n) is 11.6. The van der Waals surface area contributed by atoms with Gasteiger partial charge in [-0.3, -0.25) is 4.40 Å². The van der Waals surface area contributed by atoms with Gasteiger partial charge in [0, 0.05) is 17.3 Å². The quantitative estimate of drug-likeness (QED) is 0.302. The van der Waals surface area contributed by atoms with Gasteiger partial charge in [-0.25, -0.2) is 4.98 Å². The van der Waals surface area contributed by atoms with Crippen LogP contribution in [0, 0.1) is 29.6 Å². The second-order valence-electron chi connectivity index (χ2n) is 8.52. The molecule has 0 aliphatic rings. The third-order valence-electron chi connectivity index (χ3n) is 6.59. The van der Waals surface area contributed by atoms with Crippen molar-refractivity contribution in [2.24, 2.45) is 0 Å². The van der Waals surface area contributed by atoms with E-state index in [1.165, 1.54) is 11.1 Å². The Morgan fingerprint density at radius 1 is 0.765 bits per heavy atom. The Kier molecular flexibility index (Phi) is 5.36. The summed E-state index contributed by atoms with van der Waals surface area (Å²) in [6.07, 6.45) is 3.87. The molecule has 0 fully saturated rings. The van der Waals surface area contributed by atoms with Gasteiger partial charge in [0.2, 0.25) is 0 Å². The molecular weight excluding hydrogens is 416 g/mol. The summed E-state index contributed by atoms with van der Waals surface area (Å²) in [5.74, 6) is 0. The van der Waals surface area contributed by atoms with Gasteiger partial charge in [0.15, 0.2) is 0 Å². The molecule has 0 radical (unpaired) electrons. The van der Waals surface area contributed by atoms with E-state index in [4.69, 9.17) is 4.98 Å². The van der Waals surface area contributed by atoms with E-state index >= 15 is 0 Å². The molecule has 2 aromatic heterocycles. The average Bonchev–Trinajstić information content (AvgIpc) is 3.28. The Labute approximate surface area is 199 Å². The average molecular weight is 441 g/mol. The predicted molar refractivity (Wildman–Crippen MR) is 136 cm³/mol. The summed E-state index contributed by atoms with van der Waals surface area (Å²) >= 11 is 0. The van der Waals surface area contributed by atoms with E-state index in [1.54, 1.807) is 0 Å². The zero-order chi connectivity index (χ0) is 23.8. The highest BCUT2D eigenvalue weighted by atomic mass is 15.0. The molecule has 0 amide bonds. The second-order valence-corrected chi connectivity index (χ2v) is 8.52. The normalized spacial score (nSPS) is 11.0. The van der Waals surface area contributed by atoms with Crippen molar-refractivity contribution in [2.75, 3.05) is 0 Å². The summed E-state index contributed by atoms with van der Waals surface area (Å²) < 4.78 is 2.06. The van der Waals surface area contributed by atoms with Gasteiger partial charge in [-0.15, -0.1) is 0 Å². The second kappa shape index (κ2) is 8.50. The van der Waals surface area contributed by atoms with E-state index in [2.05, 4.69) is 78.9 Å². The Morgan fingerprint density at radius 2 is 1.32 bits per heavy atom. The molecule has 0 atom stereocenters. The van der Waals surface area contributed by atoms with Crippen LogP contribution in [0.5, 0.6) is 0 Å². The molecule has 2 heterocycles. The molecule has 0 bridgehead atoms. The summed E-state index contributed by atoms with van der Waals surface area (Å²) in [4.78, 5) is 4.87. The summed E-state index contributed by atoms with van der Waals surface area (Å²) in [5.41, 5.74) is 10.0. The number of hydrogen-bond donors (Lipinski definition) is 0. The maximum atomic E-state index is 10.3. The van der Waals surface area contributed by atoms with E-state index in [-0.39, 0.29) is 0 Å². The number of pyridine rings is 1. The maximum Gasteiger partial charge on any atom is 0.140 e. The van der Waals surface area contributed by atoms with Crippen molar-refractivity contribution in [1.29, 1.82) is 10.5 Å². The summed E-state index contributed by atoms with van der Waals surface area (Å²) in [6, 6.07) is 25.4. The van der Waals surface area contributed by atoms with Crippen LogP contribution in [0.25, 0.3) is 38.9 Å². The Bertz CT molecular complexity index is 1620. The molecule has 0 saturated heterocycles. The van der Waals surface area contributed by atoms with Gasteiger partial charge in [-0.2, -0.15) is 10.5 Å². The van der Waals surface area contributed by atoms with Crippen LogP contribution < -0.4 is 0 Å². The molecular formula is C30H24N4. The number of benzene rings is 3. The minimum absolute atomic E-state index is 0.323. The Hall–Kier alpha value is -4.41. The van der Waals surface area contributed by atoms with Crippen LogP contribution in [-0.2, 0) is 12.8 Å². The van der Waals surface area contributed by atoms with Gasteiger partial charge in [-0.05, 0) is 53.6 Å². The van der Waals surface area contributed by atoms with E-state index in [9.17, 15) is 10.5 Å². The van der Waals surface area contributed by atoms with Crippen LogP contribution in [0.15, 0.2) is 66.9 Å². The molecule has 0 N–H and O–H groups in total. The topological polar surface area (TPSA) is 64.9 Å². The molecule has 34 heavy (non-hydrogen) atoms. The summed E-state index contributed by atoms with van der Waals surface area (Å²) in [6.45, 7) is 6.27. The molecule has 0 aliphatic heterocycles. The third-order valence-corrected chi connectivity index (χ3v) is 6.59. The maximum absolute atomic E-state index is 10.3. The lowest BCUT2D eigenvalue weighted by Gasteiger charge is -2.16. The van der Waals surface area contributed by atoms with Gasteiger partial charge in [-0.1, -0.05) is 68.4 Å². The SMILES string of the molecule is CCc1ccc(-c2c(C#N)c(C#N)c3nc4c(C)cccn4c3c2-c2ccc(CC)cc2)cc1. The lowest BCUT2D eigenvalue weighted by molar-refractivity contribution is 1.14. The van der Waals surface area contributed by atoms with Crippen molar-refractivity contribution in [3.63, 3.8) is 0 Å². The molecule has 5 rings (SSSR count). The molecule has 4 heteroatoms.